The highest BCUT2D eigenvalue weighted by molar-refractivity contribution is 5.84. The summed E-state index contributed by atoms with van der Waals surface area (Å²) in [4.78, 5) is 24.4. The van der Waals surface area contributed by atoms with Gasteiger partial charge in [-0.25, -0.2) is 4.39 Å². The van der Waals surface area contributed by atoms with Crippen molar-refractivity contribution in [1.82, 2.24) is 9.88 Å². The fourth-order valence-electron chi connectivity index (χ4n) is 3.09. The first kappa shape index (κ1) is 20.5. The summed E-state index contributed by atoms with van der Waals surface area (Å²) in [6, 6.07) is 13.1. The number of aryl methyl sites for hydroxylation is 1. The van der Waals surface area contributed by atoms with Crippen LogP contribution in [0.2, 0.25) is 0 Å². The Morgan fingerprint density at radius 1 is 1.17 bits per heavy atom. The van der Waals surface area contributed by atoms with Crippen LogP contribution in [-0.4, -0.2) is 37.3 Å². The van der Waals surface area contributed by atoms with E-state index < -0.39 is 0 Å². The molecule has 3 aromatic rings. The standard InChI is InChI=1S/C22H23FN2O4/c1-15-10-22(27)25(13-16-4-3-5-17(23)11-16)20-12-18(6-7-19(15)20)29-14-21(26)24-8-9-28-2/h3-7,10-12H,8-9,13-14H2,1-2H3,(H,24,26). The molecule has 0 saturated carbocycles. The predicted molar refractivity (Wildman–Crippen MR) is 109 cm³/mol. The third-order valence-corrected chi connectivity index (χ3v) is 4.52. The third-order valence-electron chi connectivity index (χ3n) is 4.52. The van der Waals surface area contributed by atoms with Crippen molar-refractivity contribution in [1.29, 1.82) is 0 Å². The van der Waals surface area contributed by atoms with Gasteiger partial charge in [0.05, 0.1) is 18.7 Å². The van der Waals surface area contributed by atoms with Crippen LogP contribution in [0, 0.1) is 12.7 Å². The smallest absolute Gasteiger partial charge is 0.258 e. The van der Waals surface area contributed by atoms with E-state index in [1.54, 1.807) is 42.0 Å². The molecule has 0 saturated heterocycles. The maximum atomic E-state index is 13.5. The molecule has 3 rings (SSSR count). The summed E-state index contributed by atoms with van der Waals surface area (Å²) in [6.07, 6.45) is 0. The van der Waals surface area contributed by atoms with Crippen molar-refractivity contribution in [2.24, 2.45) is 0 Å². The summed E-state index contributed by atoms with van der Waals surface area (Å²) < 4.78 is 25.6. The lowest BCUT2D eigenvalue weighted by atomic mass is 10.1. The van der Waals surface area contributed by atoms with E-state index in [0.717, 1.165) is 10.9 Å². The first-order valence-corrected chi connectivity index (χ1v) is 9.25. The van der Waals surface area contributed by atoms with E-state index in [9.17, 15) is 14.0 Å². The second-order valence-electron chi connectivity index (χ2n) is 6.69. The number of hydrogen-bond acceptors (Lipinski definition) is 4. The molecule has 0 radical (unpaired) electrons. The first-order chi connectivity index (χ1) is 14.0. The fourth-order valence-corrected chi connectivity index (χ4v) is 3.09. The first-order valence-electron chi connectivity index (χ1n) is 9.25. The average molecular weight is 398 g/mol. The predicted octanol–water partition coefficient (Wildman–Crippen LogP) is 2.64. The van der Waals surface area contributed by atoms with Gasteiger partial charge >= 0.3 is 0 Å². The number of aromatic nitrogens is 1. The topological polar surface area (TPSA) is 69.6 Å². The molecule has 0 aliphatic rings. The SMILES string of the molecule is COCCNC(=O)COc1ccc2c(C)cc(=O)n(Cc3cccc(F)c3)c2c1. The average Bonchev–Trinajstić information content (AvgIpc) is 2.69. The van der Waals surface area contributed by atoms with Crippen molar-refractivity contribution in [3.63, 3.8) is 0 Å². The Kier molecular flexibility index (Phi) is 6.61. The highest BCUT2D eigenvalue weighted by Crippen LogP contribution is 2.23. The number of amides is 1. The highest BCUT2D eigenvalue weighted by atomic mass is 19.1. The van der Waals surface area contributed by atoms with Gasteiger partial charge < -0.3 is 19.4 Å². The van der Waals surface area contributed by atoms with Gasteiger partial charge in [-0.2, -0.15) is 0 Å². The van der Waals surface area contributed by atoms with Gasteiger partial charge in [0.25, 0.3) is 11.5 Å². The van der Waals surface area contributed by atoms with Gasteiger partial charge in [0.1, 0.15) is 11.6 Å². The summed E-state index contributed by atoms with van der Waals surface area (Å²) in [6.45, 7) is 2.78. The van der Waals surface area contributed by atoms with Crippen molar-refractivity contribution in [3.8, 4) is 5.75 Å². The van der Waals surface area contributed by atoms with Crippen LogP contribution in [0.3, 0.4) is 0 Å². The molecule has 0 aliphatic carbocycles. The van der Waals surface area contributed by atoms with Crippen molar-refractivity contribution >= 4 is 16.8 Å². The Morgan fingerprint density at radius 3 is 2.76 bits per heavy atom. The molecular weight excluding hydrogens is 375 g/mol. The number of hydrogen-bond donors (Lipinski definition) is 1. The highest BCUT2D eigenvalue weighted by Gasteiger charge is 2.10. The molecule has 29 heavy (non-hydrogen) atoms. The summed E-state index contributed by atoms with van der Waals surface area (Å²) in [5.74, 6) is -0.142. The zero-order valence-corrected chi connectivity index (χ0v) is 16.4. The summed E-state index contributed by atoms with van der Waals surface area (Å²) >= 11 is 0. The van der Waals surface area contributed by atoms with Crippen molar-refractivity contribution in [2.75, 3.05) is 26.9 Å². The van der Waals surface area contributed by atoms with Crippen LogP contribution in [0.5, 0.6) is 5.75 Å². The molecule has 0 bridgehead atoms. The maximum Gasteiger partial charge on any atom is 0.258 e. The Morgan fingerprint density at radius 2 is 2.00 bits per heavy atom. The fraction of sp³-hybridized carbons (Fsp3) is 0.273. The Labute approximate surface area is 167 Å². The van der Waals surface area contributed by atoms with E-state index in [0.29, 0.717) is 30.0 Å². The number of pyridine rings is 1. The van der Waals surface area contributed by atoms with Crippen LogP contribution in [0.1, 0.15) is 11.1 Å². The van der Waals surface area contributed by atoms with Gasteiger partial charge in [-0.15, -0.1) is 0 Å². The third kappa shape index (κ3) is 5.20. The van der Waals surface area contributed by atoms with Crippen molar-refractivity contribution in [3.05, 3.63) is 75.8 Å². The number of carbonyl (C=O) groups excluding carboxylic acids is 1. The molecule has 0 fully saturated rings. The summed E-state index contributed by atoms with van der Waals surface area (Å²) in [5.41, 5.74) is 2.00. The molecule has 0 aliphatic heterocycles. The lowest BCUT2D eigenvalue weighted by Gasteiger charge is -2.14. The zero-order valence-electron chi connectivity index (χ0n) is 16.4. The van der Waals surface area contributed by atoms with E-state index in [4.69, 9.17) is 9.47 Å². The monoisotopic (exact) mass is 398 g/mol. The normalized spacial score (nSPS) is 10.9. The molecule has 2 aromatic carbocycles. The number of rotatable bonds is 8. The second-order valence-corrected chi connectivity index (χ2v) is 6.69. The molecule has 1 amide bonds. The molecule has 0 spiro atoms. The van der Waals surface area contributed by atoms with Gasteiger partial charge in [-0.1, -0.05) is 12.1 Å². The van der Waals surface area contributed by atoms with E-state index in [1.807, 2.05) is 13.0 Å². The number of benzene rings is 2. The molecule has 7 heteroatoms. The lowest BCUT2D eigenvalue weighted by Crippen LogP contribution is -2.31. The van der Waals surface area contributed by atoms with Crippen LogP contribution in [0.25, 0.3) is 10.9 Å². The molecule has 152 valence electrons. The number of nitrogens with one attached hydrogen (secondary N) is 1. The molecule has 1 aromatic heterocycles. The molecule has 1 heterocycles. The number of ether oxygens (including phenoxy) is 2. The molecule has 6 nitrogen and oxygen atoms in total. The maximum absolute atomic E-state index is 13.5. The Bertz CT molecular complexity index is 1080. The second kappa shape index (κ2) is 9.34. The lowest BCUT2D eigenvalue weighted by molar-refractivity contribution is -0.123. The summed E-state index contributed by atoms with van der Waals surface area (Å²) in [5, 5.41) is 3.57. The molecular formula is C22H23FN2O4. The van der Waals surface area contributed by atoms with Gasteiger partial charge in [0, 0.05) is 31.2 Å². The van der Waals surface area contributed by atoms with Crippen molar-refractivity contribution < 1.29 is 18.7 Å². The molecule has 0 unspecified atom stereocenters. The molecule has 0 atom stereocenters. The van der Waals surface area contributed by atoms with E-state index in [-0.39, 0.29) is 30.4 Å². The van der Waals surface area contributed by atoms with Gasteiger partial charge in [-0.05, 0) is 42.3 Å². The van der Waals surface area contributed by atoms with Gasteiger partial charge in [0.15, 0.2) is 6.61 Å². The van der Waals surface area contributed by atoms with Crippen LogP contribution in [0.4, 0.5) is 4.39 Å². The molecule has 1 N–H and O–H groups in total. The largest absolute Gasteiger partial charge is 0.484 e. The van der Waals surface area contributed by atoms with E-state index in [2.05, 4.69) is 5.32 Å². The van der Waals surface area contributed by atoms with Crippen LogP contribution >= 0.6 is 0 Å². The van der Waals surface area contributed by atoms with Crippen LogP contribution in [0.15, 0.2) is 53.3 Å². The van der Waals surface area contributed by atoms with Gasteiger partial charge in [0.2, 0.25) is 0 Å². The minimum atomic E-state index is -0.351. The van der Waals surface area contributed by atoms with Crippen LogP contribution < -0.4 is 15.6 Å². The van der Waals surface area contributed by atoms with Crippen molar-refractivity contribution in [2.45, 2.75) is 13.5 Å². The Balaban J connectivity index is 1.87. The Hall–Kier alpha value is -3.19. The zero-order chi connectivity index (χ0) is 20.8. The number of carbonyl (C=O) groups is 1. The number of methoxy groups -OCH3 is 1. The van der Waals surface area contributed by atoms with Crippen LogP contribution in [-0.2, 0) is 16.1 Å². The number of fused-ring (bicyclic) bond motifs is 1. The number of nitrogens with zero attached hydrogens (tertiary/aromatic N) is 1. The van der Waals surface area contributed by atoms with Gasteiger partial charge in [-0.3, -0.25) is 9.59 Å². The minimum absolute atomic E-state index is 0.144. The quantitative estimate of drug-likeness (QED) is 0.593. The van der Waals surface area contributed by atoms with E-state index >= 15 is 0 Å². The summed E-state index contributed by atoms with van der Waals surface area (Å²) in [7, 11) is 1.56. The number of halogens is 1. The minimum Gasteiger partial charge on any atom is -0.484 e. The van der Waals surface area contributed by atoms with E-state index in [1.165, 1.54) is 12.1 Å².